The SMILES string of the molecule is C=CCN(CC=C)C(=O)NCCCOc1c(C)cccc1C. The lowest BCUT2D eigenvalue weighted by Crippen LogP contribution is -2.40. The second-order valence-corrected chi connectivity index (χ2v) is 5.14. The number of benzene rings is 1. The third kappa shape index (κ3) is 5.64. The number of urea groups is 1. The number of hydrogen-bond acceptors (Lipinski definition) is 2. The first-order valence-electron chi connectivity index (χ1n) is 7.53. The maximum Gasteiger partial charge on any atom is 0.317 e. The quantitative estimate of drug-likeness (QED) is 0.560. The number of rotatable bonds is 9. The molecule has 0 saturated carbocycles. The highest BCUT2D eigenvalue weighted by molar-refractivity contribution is 5.74. The predicted octanol–water partition coefficient (Wildman–Crippen LogP) is 3.46. The van der Waals surface area contributed by atoms with Gasteiger partial charge in [-0.1, -0.05) is 30.4 Å². The number of nitrogens with zero attached hydrogens (tertiary/aromatic N) is 1. The molecule has 0 aromatic heterocycles. The second-order valence-electron chi connectivity index (χ2n) is 5.14. The Morgan fingerprint density at radius 1 is 1.23 bits per heavy atom. The molecule has 1 aromatic rings. The van der Waals surface area contributed by atoms with Gasteiger partial charge in [-0.25, -0.2) is 4.79 Å². The van der Waals surface area contributed by atoms with Crippen LogP contribution in [-0.2, 0) is 0 Å². The molecule has 0 radical (unpaired) electrons. The molecule has 0 fully saturated rings. The largest absolute Gasteiger partial charge is 0.493 e. The van der Waals surface area contributed by atoms with Gasteiger partial charge >= 0.3 is 6.03 Å². The maximum absolute atomic E-state index is 11.9. The zero-order valence-corrected chi connectivity index (χ0v) is 13.6. The highest BCUT2D eigenvalue weighted by Gasteiger charge is 2.09. The lowest BCUT2D eigenvalue weighted by molar-refractivity contribution is 0.207. The van der Waals surface area contributed by atoms with Crippen LogP contribution in [0.1, 0.15) is 17.5 Å². The molecule has 0 atom stereocenters. The summed E-state index contributed by atoms with van der Waals surface area (Å²) >= 11 is 0. The van der Waals surface area contributed by atoms with E-state index in [2.05, 4.69) is 18.5 Å². The van der Waals surface area contributed by atoms with Gasteiger partial charge in [0.05, 0.1) is 6.61 Å². The zero-order chi connectivity index (χ0) is 16.4. The van der Waals surface area contributed by atoms with E-state index in [0.29, 0.717) is 26.2 Å². The summed E-state index contributed by atoms with van der Waals surface area (Å²) in [6.45, 7) is 13.5. The van der Waals surface area contributed by atoms with Gasteiger partial charge in [-0.15, -0.1) is 13.2 Å². The van der Waals surface area contributed by atoms with Crippen molar-refractivity contribution in [1.29, 1.82) is 0 Å². The summed E-state index contributed by atoms with van der Waals surface area (Å²) in [5.41, 5.74) is 2.26. The fourth-order valence-electron chi connectivity index (χ4n) is 2.13. The molecule has 1 N–H and O–H groups in total. The van der Waals surface area contributed by atoms with E-state index < -0.39 is 0 Å². The molecule has 0 bridgehead atoms. The first kappa shape index (κ1) is 17.8. The van der Waals surface area contributed by atoms with Crippen molar-refractivity contribution in [2.75, 3.05) is 26.2 Å². The Labute approximate surface area is 133 Å². The molecule has 0 unspecified atom stereocenters. The van der Waals surface area contributed by atoms with E-state index in [-0.39, 0.29) is 6.03 Å². The molecule has 0 saturated heterocycles. The highest BCUT2D eigenvalue weighted by atomic mass is 16.5. The van der Waals surface area contributed by atoms with Crippen LogP contribution in [0.5, 0.6) is 5.75 Å². The molecule has 0 aliphatic heterocycles. The van der Waals surface area contributed by atoms with E-state index in [0.717, 1.165) is 23.3 Å². The van der Waals surface area contributed by atoms with Crippen LogP contribution in [0.3, 0.4) is 0 Å². The number of para-hydroxylation sites is 1. The van der Waals surface area contributed by atoms with E-state index in [1.807, 2.05) is 32.0 Å². The molecule has 2 amide bonds. The smallest absolute Gasteiger partial charge is 0.317 e. The lowest BCUT2D eigenvalue weighted by atomic mass is 10.1. The first-order chi connectivity index (χ1) is 10.6. The average molecular weight is 302 g/mol. The minimum atomic E-state index is -0.105. The Balaban J connectivity index is 2.31. The number of hydrogen-bond donors (Lipinski definition) is 1. The molecule has 4 heteroatoms. The van der Waals surface area contributed by atoms with Gasteiger partial charge in [0.1, 0.15) is 5.75 Å². The van der Waals surface area contributed by atoms with Gasteiger partial charge in [-0.2, -0.15) is 0 Å². The summed E-state index contributed by atoms with van der Waals surface area (Å²) < 4.78 is 5.81. The molecule has 0 aliphatic rings. The van der Waals surface area contributed by atoms with Crippen LogP contribution in [0.2, 0.25) is 0 Å². The van der Waals surface area contributed by atoms with E-state index in [4.69, 9.17) is 4.74 Å². The standard InChI is InChI=1S/C18H26N2O2/c1-5-12-20(13-6-2)18(21)19-11-8-14-22-17-15(3)9-7-10-16(17)4/h5-7,9-10H,1-2,8,11-14H2,3-4H3,(H,19,21). The summed E-state index contributed by atoms with van der Waals surface area (Å²) in [5, 5.41) is 2.88. The Morgan fingerprint density at radius 2 is 1.82 bits per heavy atom. The molecule has 0 heterocycles. The molecule has 4 nitrogen and oxygen atoms in total. The minimum Gasteiger partial charge on any atom is -0.493 e. The van der Waals surface area contributed by atoms with Crippen molar-refractivity contribution in [2.24, 2.45) is 0 Å². The van der Waals surface area contributed by atoms with Crippen LogP contribution in [0.4, 0.5) is 4.79 Å². The molecule has 22 heavy (non-hydrogen) atoms. The van der Waals surface area contributed by atoms with Crippen molar-refractivity contribution in [3.63, 3.8) is 0 Å². The van der Waals surface area contributed by atoms with Crippen LogP contribution in [-0.4, -0.2) is 37.2 Å². The van der Waals surface area contributed by atoms with Gasteiger partial charge in [0, 0.05) is 19.6 Å². The summed E-state index contributed by atoms with van der Waals surface area (Å²) in [5.74, 6) is 0.939. The van der Waals surface area contributed by atoms with Gasteiger partial charge in [0.15, 0.2) is 0 Å². The summed E-state index contributed by atoms with van der Waals surface area (Å²) in [7, 11) is 0. The number of amides is 2. The van der Waals surface area contributed by atoms with Crippen LogP contribution in [0, 0.1) is 13.8 Å². The monoisotopic (exact) mass is 302 g/mol. The Morgan fingerprint density at radius 3 is 2.36 bits per heavy atom. The second kappa shape index (κ2) is 9.66. The summed E-state index contributed by atoms with van der Waals surface area (Å²) in [4.78, 5) is 13.6. The topological polar surface area (TPSA) is 41.6 Å². The first-order valence-corrected chi connectivity index (χ1v) is 7.53. The summed E-state index contributed by atoms with van der Waals surface area (Å²) in [6.07, 6.45) is 4.16. The van der Waals surface area contributed by atoms with Crippen molar-refractivity contribution in [2.45, 2.75) is 20.3 Å². The Bertz CT molecular complexity index is 482. The third-order valence-corrected chi connectivity index (χ3v) is 3.24. The van der Waals surface area contributed by atoms with E-state index >= 15 is 0 Å². The van der Waals surface area contributed by atoms with E-state index in [9.17, 15) is 4.79 Å². The van der Waals surface area contributed by atoms with Crippen molar-refractivity contribution in [3.8, 4) is 5.75 Å². The molecule has 1 rings (SSSR count). The van der Waals surface area contributed by atoms with Crippen LogP contribution in [0.25, 0.3) is 0 Å². The highest BCUT2D eigenvalue weighted by Crippen LogP contribution is 2.22. The third-order valence-electron chi connectivity index (χ3n) is 3.24. The molecule has 1 aromatic carbocycles. The van der Waals surface area contributed by atoms with Gasteiger partial charge in [-0.3, -0.25) is 0 Å². The fraction of sp³-hybridized carbons (Fsp3) is 0.389. The lowest BCUT2D eigenvalue weighted by Gasteiger charge is -2.20. The Kier molecular flexibility index (Phi) is 7.83. The number of ether oxygens (including phenoxy) is 1. The van der Waals surface area contributed by atoms with Crippen LogP contribution < -0.4 is 10.1 Å². The number of aryl methyl sites for hydroxylation is 2. The van der Waals surface area contributed by atoms with Gasteiger partial charge in [0.25, 0.3) is 0 Å². The van der Waals surface area contributed by atoms with Crippen molar-refractivity contribution >= 4 is 6.03 Å². The number of carbonyl (C=O) groups is 1. The van der Waals surface area contributed by atoms with E-state index in [1.54, 1.807) is 17.1 Å². The minimum absolute atomic E-state index is 0.105. The molecule has 0 aliphatic carbocycles. The van der Waals surface area contributed by atoms with E-state index in [1.165, 1.54) is 0 Å². The Hall–Kier alpha value is -2.23. The number of carbonyl (C=O) groups excluding carboxylic acids is 1. The van der Waals surface area contributed by atoms with Crippen LogP contribution in [0.15, 0.2) is 43.5 Å². The molecule has 120 valence electrons. The van der Waals surface area contributed by atoms with Gasteiger partial charge in [0.2, 0.25) is 0 Å². The fourth-order valence-corrected chi connectivity index (χ4v) is 2.13. The molecular formula is C18H26N2O2. The normalized spacial score (nSPS) is 9.91. The van der Waals surface area contributed by atoms with Crippen molar-refractivity contribution < 1.29 is 9.53 Å². The van der Waals surface area contributed by atoms with Crippen molar-refractivity contribution in [3.05, 3.63) is 54.6 Å². The number of nitrogens with one attached hydrogen (secondary N) is 1. The molecular weight excluding hydrogens is 276 g/mol. The zero-order valence-electron chi connectivity index (χ0n) is 13.6. The predicted molar refractivity (Wildman–Crippen MR) is 91.4 cm³/mol. The van der Waals surface area contributed by atoms with Crippen LogP contribution >= 0.6 is 0 Å². The maximum atomic E-state index is 11.9. The summed E-state index contributed by atoms with van der Waals surface area (Å²) in [6, 6.07) is 5.98. The van der Waals surface area contributed by atoms with Gasteiger partial charge < -0.3 is 15.0 Å². The van der Waals surface area contributed by atoms with Gasteiger partial charge in [-0.05, 0) is 31.4 Å². The average Bonchev–Trinajstić information content (AvgIpc) is 2.49. The molecule has 0 spiro atoms. The van der Waals surface area contributed by atoms with Crippen molar-refractivity contribution in [1.82, 2.24) is 10.2 Å².